The molecule has 0 atom stereocenters. The Morgan fingerprint density at radius 1 is 1.18 bits per heavy atom. The molecule has 0 aliphatic carbocycles. The summed E-state index contributed by atoms with van der Waals surface area (Å²) < 4.78 is 1.08. The van der Waals surface area contributed by atoms with E-state index in [4.69, 9.17) is 0 Å². The minimum atomic E-state index is -0.0873. The highest BCUT2D eigenvalue weighted by Crippen LogP contribution is 2.30. The van der Waals surface area contributed by atoms with Crippen LogP contribution in [0.5, 0.6) is 0 Å². The topological polar surface area (TPSA) is 46.1 Å². The van der Waals surface area contributed by atoms with Gasteiger partial charge in [0.25, 0.3) is 0 Å². The monoisotopic (exact) mass is 311 g/mol. The molecule has 22 heavy (non-hydrogen) atoms. The first-order valence-corrected chi connectivity index (χ1v) is 8.03. The van der Waals surface area contributed by atoms with Gasteiger partial charge in [-0.15, -0.1) is 0 Å². The minimum absolute atomic E-state index is 0.0599. The largest absolute Gasteiger partial charge is 0.282 e. The predicted molar refractivity (Wildman–Crippen MR) is 89.9 cm³/mol. The second-order valence-corrected chi connectivity index (χ2v) is 6.37. The highest BCUT2D eigenvalue weighted by Gasteiger charge is 2.22. The Hall–Kier alpha value is -2.27. The molecule has 0 spiro atoms. The number of para-hydroxylation sites is 1. The number of benzene rings is 1. The third-order valence-electron chi connectivity index (χ3n) is 3.32. The Labute approximate surface area is 133 Å². The third kappa shape index (κ3) is 2.99. The number of anilines is 1. The summed E-state index contributed by atoms with van der Waals surface area (Å²) in [5.74, 6) is -0.0274. The average molecular weight is 311 g/mol. The first-order valence-electron chi connectivity index (χ1n) is 7.22. The van der Waals surface area contributed by atoms with Gasteiger partial charge in [0.15, 0.2) is 5.13 Å². The SMILES string of the molecule is CC(C)C(=O)N(Cc1ccccn1)c1nc2ccccc2s1. The van der Waals surface area contributed by atoms with Crippen molar-refractivity contribution in [1.82, 2.24) is 9.97 Å². The number of amides is 1. The first kappa shape index (κ1) is 14.7. The van der Waals surface area contributed by atoms with E-state index >= 15 is 0 Å². The molecule has 0 bridgehead atoms. The van der Waals surface area contributed by atoms with Crippen molar-refractivity contribution in [3.63, 3.8) is 0 Å². The van der Waals surface area contributed by atoms with Gasteiger partial charge in [0, 0.05) is 12.1 Å². The number of pyridine rings is 1. The van der Waals surface area contributed by atoms with Crippen molar-refractivity contribution < 1.29 is 4.79 Å². The summed E-state index contributed by atoms with van der Waals surface area (Å²) in [4.78, 5) is 23.3. The van der Waals surface area contributed by atoms with Gasteiger partial charge in [0.05, 0.1) is 22.5 Å². The van der Waals surface area contributed by atoms with E-state index in [1.165, 1.54) is 11.3 Å². The van der Waals surface area contributed by atoms with Gasteiger partial charge in [0.2, 0.25) is 5.91 Å². The van der Waals surface area contributed by atoms with Crippen LogP contribution < -0.4 is 4.90 Å². The lowest BCUT2D eigenvalue weighted by molar-refractivity contribution is -0.121. The molecule has 0 aliphatic rings. The van der Waals surface area contributed by atoms with Crippen LogP contribution in [0.4, 0.5) is 5.13 Å². The lowest BCUT2D eigenvalue weighted by atomic mass is 10.2. The molecule has 0 unspecified atom stereocenters. The molecule has 0 aliphatic heterocycles. The Morgan fingerprint density at radius 2 is 1.95 bits per heavy atom. The van der Waals surface area contributed by atoms with E-state index in [1.54, 1.807) is 11.1 Å². The maximum Gasteiger partial charge on any atom is 0.231 e. The molecule has 0 N–H and O–H groups in total. The van der Waals surface area contributed by atoms with Gasteiger partial charge in [-0.05, 0) is 24.3 Å². The van der Waals surface area contributed by atoms with Crippen LogP contribution in [0, 0.1) is 5.92 Å². The van der Waals surface area contributed by atoms with Gasteiger partial charge in [-0.2, -0.15) is 0 Å². The van der Waals surface area contributed by atoms with Crippen LogP contribution in [-0.4, -0.2) is 15.9 Å². The number of carbonyl (C=O) groups excluding carboxylic acids is 1. The van der Waals surface area contributed by atoms with Gasteiger partial charge in [0.1, 0.15) is 0 Å². The summed E-state index contributed by atoms with van der Waals surface area (Å²) in [6.45, 7) is 4.25. The van der Waals surface area contributed by atoms with Crippen LogP contribution in [-0.2, 0) is 11.3 Å². The van der Waals surface area contributed by atoms with E-state index in [0.29, 0.717) is 6.54 Å². The third-order valence-corrected chi connectivity index (χ3v) is 4.38. The van der Waals surface area contributed by atoms with Crippen molar-refractivity contribution in [2.75, 3.05) is 4.90 Å². The number of fused-ring (bicyclic) bond motifs is 1. The molecule has 2 aromatic heterocycles. The van der Waals surface area contributed by atoms with Gasteiger partial charge >= 0.3 is 0 Å². The quantitative estimate of drug-likeness (QED) is 0.734. The molecule has 1 aromatic carbocycles. The first-order chi connectivity index (χ1) is 10.6. The van der Waals surface area contributed by atoms with Crippen molar-refractivity contribution in [2.45, 2.75) is 20.4 Å². The molecular weight excluding hydrogens is 294 g/mol. The van der Waals surface area contributed by atoms with E-state index in [9.17, 15) is 4.79 Å². The van der Waals surface area contributed by atoms with Crippen LogP contribution >= 0.6 is 11.3 Å². The molecule has 3 rings (SSSR count). The maximum absolute atomic E-state index is 12.6. The number of carbonyl (C=O) groups is 1. The summed E-state index contributed by atoms with van der Waals surface area (Å²) >= 11 is 1.54. The van der Waals surface area contributed by atoms with E-state index in [1.807, 2.05) is 56.3 Å². The second kappa shape index (κ2) is 6.23. The zero-order chi connectivity index (χ0) is 15.5. The smallest absolute Gasteiger partial charge is 0.231 e. The molecule has 112 valence electrons. The number of nitrogens with zero attached hydrogens (tertiary/aromatic N) is 3. The summed E-state index contributed by atoms with van der Waals surface area (Å²) in [7, 11) is 0. The van der Waals surface area contributed by atoms with Crippen molar-refractivity contribution in [1.29, 1.82) is 0 Å². The number of aromatic nitrogens is 2. The molecule has 2 heterocycles. The molecule has 3 aromatic rings. The van der Waals surface area contributed by atoms with Crippen molar-refractivity contribution >= 4 is 32.6 Å². The lowest BCUT2D eigenvalue weighted by Crippen LogP contribution is -2.34. The van der Waals surface area contributed by atoms with Crippen molar-refractivity contribution in [2.24, 2.45) is 5.92 Å². The maximum atomic E-state index is 12.6. The van der Waals surface area contributed by atoms with Crippen LogP contribution in [0.2, 0.25) is 0 Å². The van der Waals surface area contributed by atoms with Crippen LogP contribution in [0.3, 0.4) is 0 Å². The molecular formula is C17H17N3OS. The van der Waals surface area contributed by atoms with Gasteiger partial charge in [-0.25, -0.2) is 4.98 Å². The van der Waals surface area contributed by atoms with Gasteiger partial charge in [-0.3, -0.25) is 14.7 Å². The van der Waals surface area contributed by atoms with Gasteiger partial charge < -0.3 is 0 Å². The summed E-state index contributed by atoms with van der Waals surface area (Å²) in [5, 5.41) is 0.727. The Balaban J connectivity index is 1.99. The normalized spacial score (nSPS) is 11.0. The lowest BCUT2D eigenvalue weighted by Gasteiger charge is -2.21. The fourth-order valence-electron chi connectivity index (χ4n) is 2.18. The molecule has 4 nitrogen and oxygen atoms in total. The highest BCUT2D eigenvalue weighted by atomic mass is 32.1. The number of hydrogen-bond donors (Lipinski definition) is 0. The summed E-state index contributed by atoms with van der Waals surface area (Å²) in [6.07, 6.45) is 1.74. The van der Waals surface area contributed by atoms with Crippen molar-refractivity contribution in [3.8, 4) is 0 Å². The van der Waals surface area contributed by atoms with Gasteiger partial charge in [-0.1, -0.05) is 43.4 Å². The predicted octanol–water partition coefficient (Wildman–Crippen LogP) is 3.88. The molecule has 0 fully saturated rings. The van der Waals surface area contributed by atoms with Crippen LogP contribution in [0.1, 0.15) is 19.5 Å². The Bertz CT molecular complexity index is 750. The minimum Gasteiger partial charge on any atom is -0.282 e. The summed E-state index contributed by atoms with van der Waals surface area (Å²) in [6, 6.07) is 13.7. The Kier molecular flexibility index (Phi) is 4.15. The number of rotatable bonds is 4. The van der Waals surface area contributed by atoms with E-state index in [0.717, 1.165) is 21.0 Å². The van der Waals surface area contributed by atoms with Crippen molar-refractivity contribution in [3.05, 3.63) is 54.4 Å². The van der Waals surface area contributed by atoms with E-state index < -0.39 is 0 Å². The Morgan fingerprint density at radius 3 is 2.64 bits per heavy atom. The van der Waals surface area contributed by atoms with E-state index in [-0.39, 0.29) is 11.8 Å². The molecule has 0 saturated heterocycles. The highest BCUT2D eigenvalue weighted by molar-refractivity contribution is 7.22. The van der Waals surface area contributed by atoms with Crippen LogP contribution in [0.15, 0.2) is 48.7 Å². The molecule has 5 heteroatoms. The molecule has 0 radical (unpaired) electrons. The zero-order valence-electron chi connectivity index (χ0n) is 12.6. The van der Waals surface area contributed by atoms with Crippen LogP contribution in [0.25, 0.3) is 10.2 Å². The summed E-state index contributed by atoms with van der Waals surface area (Å²) in [5.41, 5.74) is 1.78. The number of hydrogen-bond acceptors (Lipinski definition) is 4. The fourth-order valence-corrected chi connectivity index (χ4v) is 3.15. The van der Waals surface area contributed by atoms with E-state index in [2.05, 4.69) is 9.97 Å². The zero-order valence-corrected chi connectivity index (χ0v) is 13.4. The average Bonchev–Trinajstić information content (AvgIpc) is 2.96. The standard InChI is InChI=1S/C17H17N3OS/c1-12(2)16(21)20(11-13-7-5-6-10-18-13)17-19-14-8-3-4-9-15(14)22-17/h3-10,12H,11H2,1-2H3. The number of thiazole rings is 1. The second-order valence-electron chi connectivity index (χ2n) is 5.36. The molecule has 0 saturated carbocycles. The fraction of sp³-hybridized carbons (Fsp3) is 0.235. The molecule has 1 amide bonds.